The van der Waals surface area contributed by atoms with Crippen molar-refractivity contribution in [3.8, 4) is 0 Å². The average Bonchev–Trinajstić information content (AvgIpc) is 2.92. The van der Waals surface area contributed by atoms with Crippen molar-refractivity contribution in [2.75, 3.05) is 17.4 Å². The van der Waals surface area contributed by atoms with Crippen LogP contribution in [0.3, 0.4) is 0 Å². The number of amides is 2. The molecule has 0 radical (unpaired) electrons. The van der Waals surface area contributed by atoms with E-state index in [1.165, 1.54) is 17.0 Å². The van der Waals surface area contributed by atoms with Crippen LogP contribution < -0.4 is 9.62 Å². The maximum atomic E-state index is 14.0. The standard InChI is InChI=1S/C30H36ClN3O4S/c1-5-19-32-30(36)28(6-2)33(20-24-11-13-25(31)14-12-24)29(35)21-34(26-15-7-22(3)8-16-26)39(37,38)27-17-9-23(4)10-18-27/h7-18,28H,5-6,19-21H2,1-4H3,(H,32,36)/t28-/m1/s1. The summed E-state index contributed by atoms with van der Waals surface area (Å²) in [6.45, 7) is 7.70. The molecule has 0 spiro atoms. The predicted molar refractivity (Wildman–Crippen MR) is 156 cm³/mol. The van der Waals surface area contributed by atoms with Crippen LogP contribution in [-0.2, 0) is 26.2 Å². The molecule has 39 heavy (non-hydrogen) atoms. The molecule has 0 unspecified atom stereocenters. The van der Waals surface area contributed by atoms with Crippen LogP contribution in [0.1, 0.15) is 43.4 Å². The first kappa shape index (κ1) is 30.2. The number of rotatable bonds is 12. The Labute approximate surface area is 236 Å². The number of halogens is 1. The van der Waals surface area contributed by atoms with Crippen LogP contribution in [0, 0.1) is 13.8 Å². The fraction of sp³-hybridized carbons (Fsp3) is 0.333. The topological polar surface area (TPSA) is 86.8 Å². The number of nitrogens with one attached hydrogen (secondary N) is 1. The Kier molecular flexibility index (Phi) is 10.5. The number of nitrogens with zero attached hydrogens (tertiary/aromatic N) is 2. The van der Waals surface area contributed by atoms with Gasteiger partial charge in [0, 0.05) is 18.1 Å². The lowest BCUT2D eigenvalue weighted by Crippen LogP contribution is -2.52. The third-order valence-corrected chi connectivity index (χ3v) is 8.45. The summed E-state index contributed by atoms with van der Waals surface area (Å²) in [6.07, 6.45) is 1.12. The van der Waals surface area contributed by atoms with Gasteiger partial charge in [-0.1, -0.05) is 73.0 Å². The zero-order valence-electron chi connectivity index (χ0n) is 22.9. The summed E-state index contributed by atoms with van der Waals surface area (Å²) < 4.78 is 28.8. The number of benzene rings is 3. The summed E-state index contributed by atoms with van der Waals surface area (Å²) in [5, 5.41) is 3.44. The fourth-order valence-corrected chi connectivity index (χ4v) is 5.69. The predicted octanol–water partition coefficient (Wildman–Crippen LogP) is 5.49. The van der Waals surface area contributed by atoms with Crippen molar-refractivity contribution in [2.45, 2.75) is 58.0 Å². The summed E-state index contributed by atoms with van der Waals surface area (Å²) in [5.41, 5.74) is 3.02. The number of hydrogen-bond acceptors (Lipinski definition) is 4. The molecule has 0 aliphatic heterocycles. The van der Waals surface area contributed by atoms with E-state index in [2.05, 4.69) is 5.32 Å². The maximum Gasteiger partial charge on any atom is 0.264 e. The lowest BCUT2D eigenvalue weighted by Gasteiger charge is -2.33. The highest BCUT2D eigenvalue weighted by Gasteiger charge is 2.33. The molecule has 3 aromatic carbocycles. The van der Waals surface area contributed by atoms with Crippen LogP contribution >= 0.6 is 11.6 Å². The second-order valence-electron chi connectivity index (χ2n) is 9.52. The van der Waals surface area contributed by atoms with E-state index in [0.717, 1.165) is 27.4 Å². The monoisotopic (exact) mass is 569 g/mol. The van der Waals surface area contributed by atoms with Gasteiger partial charge in [0.25, 0.3) is 10.0 Å². The number of sulfonamides is 1. The molecule has 0 aliphatic carbocycles. The molecule has 1 N–H and O–H groups in total. The first-order chi connectivity index (χ1) is 18.6. The van der Waals surface area contributed by atoms with E-state index < -0.39 is 28.5 Å². The molecule has 208 valence electrons. The zero-order chi connectivity index (χ0) is 28.6. The second-order valence-corrected chi connectivity index (χ2v) is 11.8. The Morgan fingerprint density at radius 1 is 0.872 bits per heavy atom. The summed E-state index contributed by atoms with van der Waals surface area (Å²) >= 11 is 6.06. The molecule has 2 amide bonds. The van der Waals surface area contributed by atoms with Crippen LogP contribution in [0.15, 0.2) is 77.7 Å². The van der Waals surface area contributed by atoms with Gasteiger partial charge >= 0.3 is 0 Å². The van der Waals surface area contributed by atoms with Crippen LogP contribution in [0.25, 0.3) is 0 Å². The van der Waals surface area contributed by atoms with Gasteiger partial charge < -0.3 is 10.2 Å². The largest absolute Gasteiger partial charge is 0.354 e. The molecule has 0 heterocycles. The molecule has 7 nitrogen and oxygen atoms in total. The van der Waals surface area contributed by atoms with Gasteiger partial charge in [-0.05, 0) is 68.7 Å². The van der Waals surface area contributed by atoms with Gasteiger partial charge in [0.2, 0.25) is 11.8 Å². The number of hydrogen-bond donors (Lipinski definition) is 1. The minimum atomic E-state index is -4.09. The van der Waals surface area contributed by atoms with E-state index >= 15 is 0 Å². The normalized spacial score (nSPS) is 12.0. The summed E-state index contributed by atoms with van der Waals surface area (Å²) in [5.74, 6) is -0.760. The van der Waals surface area contributed by atoms with Gasteiger partial charge in [0.15, 0.2) is 0 Å². The Hall–Kier alpha value is -3.36. The summed E-state index contributed by atoms with van der Waals surface area (Å²) in [7, 11) is -4.09. The van der Waals surface area contributed by atoms with E-state index in [-0.39, 0.29) is 17.3 Å². The number of carbonyl (C=O) groups excluding carboxylic acids is 2. The molecular formula is C30H36ClN3O4S. The van der Waals surface area contributed by atoms with Gasteiger partial charge in [-0.3, -0.25) is 13.9 Å². The zero-order valence-corrected chi connectivity index (χ0v) is 24.4. The van der Waals surface area contributed by atoms with Gasteiger partial charge in [0.1, 0.15) is 12.6 Å². The van der Waals surface area contributed by atoms with Crippen molar-refractivity contribution in [2.24, 2.45) is 0 Å². The Bertz CT molecular complexity index is 1360. The number of carbonyl (C=O) groups is 2. The van der Waals surface area contributed by atoms with E-state index in [9.17, 15) is 18.0 Å². The Morgan fingerprint density at radius 3 is 1.97 bits per heavy atom. The molecular weight excluding hydrogens is 534 g/mol. The van der Waals surface area contributed by atoms with Crippen LogP contribution in [0.2, 0.25) is 5.02 Å². The van der Waals surface area contributed by atoms with Crippen molar-refractivity contribution in [3.05, 3.63) is 94.5 Å². The molecule has 3 rings (SSSR count). The molecule has 0 aliphatic rings. The lowest BCUT2D eigenvalue weighted by atomic mass is 10.1. The Balaban J connectivity index is 2.03. The fourth-order valence-electron chi connectivity index (χ4n) is 4.15. The average molecular weight is 570 g/mol. The Morgan fingerprint density at radius 2 is 1.44 bits per heavy atom. The highest BCUT2D eigenvalue weighted by atomic mass is 35.5. The number of aryl methyl sites for hydroxylation is 2. The highest BCUT2D eigenvalue weighted by Crippen LogP contribution is 2.25. The molecule has 0 aromatic heterocycles. The van der Waals surface area contributed by atoms with Gasteiger partial charge in [0.05, 0.1) is 10.6 Å². The van der Waals surface area contributed by atoms with Crippen molar-refractivity contribution < 1.29 is 18.0 Å². The van der Waals surface area contributed by atoms with E-state index in [4.69, 9.17) is 11.6 Å². The molecule has 9 heteroatoms. The van der Waals surface area contributed by atoms with E-state index in [1.807, 2.05) is 27.7 Å². The van der Waals surface area contributed by atoms with Gasteiger partial charge in [-0.25, -0.2) is 8.42 Å². The minimum Gasteiger partial charge on any atom is -0.354 e. The molecule has 3 aromatic rings. The molecule has 0 saturated heterocycles. The SMILES string of the molecule is CCCNC(=O)[C@@H](CC)N(Cc1ccc(Cl)cc1)C(=O)CN(c1ccc(C)cc1)S(=O)(=O)c1ccc(C)cc1. The van der Waals surface area contributed by atoms with E-state index in [1.54, 1.807) is 60.7 Å². The van der Waals surface area contributed by atoms with Gasteiger partial charge in [-0.2, -0.15) is 0 Å². The molecule has 0 bridgehead atoms. The quantitative estimate of drug-likeness (QED) is 0.313. The molecule has 0 saturated carbocycles. The van der Waals surface area contributed by atoms with Crippen LogP contribution in [0.4, 0.5) is 5.69 Å². The smallest absolute Gasteiger partial charge is 0.264 e. The highest BCUT2D eigenvalue weighted by molar-refractivity contribution is 7.92. The lowest BCUT2D eigenvalue weighted by molar-refractivity contribution is -0.140. The summed E-state index contributed by atoms with van der Waals surface area (Å²) in [6, 6.07) is 19.7. The van der Waals surface area contributed by atoms with E-state index in [0.29, 0.717) is 23.7 Å². The van der Waals surface area contributed by atoms with Crippen molar-refractivity contribution in [3.63, 3.8) is 0 Å². The molecule has 0 fully saturated rings. The third kappa shape index (κ3) is 7.83. The second kappa shape index (κ2) is 13.6. The third-order valence-electron chi connectivity index (χ3n) is 6.41. The number of anilines is 1. The van der Waals surface area contributed by atoms with Crippen molar-refractivity contribution in [1.29, 1.82) is 0 Å². The van der Waals surface area contributed by atoms with Crippen LogP contribution in [-0.4, -0.2) is 44.3 Å². The van der Waals surface area contributed by atoms with Crippen molar-refractivity contribution in [1.82, 2.24) is 10.2 Å². The van der Waals surface area contributed by atoms with Gasteiger partial charge in [-0.15, -0.1) is 0 Å². The maximum absolute atomic E-state index is 14.0. The molecule has 1 atom stereocenters. The van der Waals surface area contributed by atoms with Crippen LogP contribution in [0.5, 0.6) is 0 Å². The summed E-state index contributed by atoms with van der Waals surface area (Å²) in [4.78, 5) is 28.6. The first-order valence-corrected chi connectivity index (χ1v) is 14.9. The minimum absolute atomic E-state index is 0.0819. The van der Waals surface area contributed by atoms with Crippen molar-refractivity contribution >= 4 is 39.1 Å². The first-order valence-electron chi connectivity index (χ1n) is 13.0.